The van der Waals surface area contributed by atoms with Gasteiger partial charge in [0.05, 0.1) is 5.56 Å². The molecule has 2 aromatic rings. The molecular weight excluding hydrogens is 306 g/mol. The molecule has 0 saturated carbocycles. The molecule has 0 bridgehead atoms. The summed E-state index contributed by atoms with van der Waals surface area (Å²) in [5, 5.41) is 0. The van der Waals surface area contributed by atoms with E-state index in [-0.39, 0.29) is 12.0 Å². The highest BCUT2D eigenvalue weighted by atomic mass is 19.2. The fraction of sp³-hybridized carbons (Fsp3) is 0.333. The fourth-order valence-electron chi connectivity index (χ4n) is 2.53. The van der Waals surface area contributed by atoms with Crippen molar-refractivity contribution >= 4 is 5.69 Å². The molecule has 0 atom stereocenters. The molecule has 5 heteroatoms. The number of benzene rings is 2. The first-order valence-corrected chi connectivity index (χ1v) is 7.68. The summed E-state index contributed by atoms with van der Waals surface area (Å²) in [6.07, 6.45) is 3.11. The first-order chi connectivity index (χ1) is 11.0. The zero-order valence-corrected chi connectivity index (χ0v) is 12.9. The topological polar surface area (TPSA) is 26.0 Å². The van der Waals surface area contributed by atoms with Crippen LogP contribution in [0.1, 0.15) is 38.2 Å². The van der Waals surface area contributed by atoms with Gasteiger partial charge in [0.2, 0.25) is 0 Å². The predicted octanol–water partition coefficient (Wildman–Crippen LogP) is 5.62. The zero-order valence-electron chi connectivity index (χ0n) is 12.9. The highest BCUT2D eigenvalue weighted by molar-refractivity contribution is 5.67. The molecule has 2 aromatic carbocycles. The Kier molecular flexibility index (Phi) is 5.64. The van der Waals surface area contributed by atoms with E-state index in [2.05, 4.69) is 0 Å². The van der Waals surface area contributed by atoms with Gasteiger partial charge < -0.3 is 5.73 Å². The first-order valence-electron chi connectivity index (χ1n) is 7.68. The number of hydrogen-bond acceptors (Lipinski definition) is 1. The van der Waals surface area contributed by atoms with Gasteiger partial charge in [0.15, 0.2) is 23.3 Å². The molecule has 2 rings (SSSR count). The van der Waals surface area contributed by atoms with Crippen LogP contribution in [0.3, 0.4) is 0 Å². The quantitative estimate of drug-likeness (QED) is 0.317. The minimum Gasteiger partial charge on any atom is -0.399 e. The molecule has 0 radical (unpaired) electrons. The highest BCUT2D eigenvalue weighted by Crippen LogP contribution is 2.33. The number of rotatable bonds is 6. The third kappa shape index (κ3) is 3.66. The number of hydrogen-bond donors (Lipinski definition) is 1. The Bertz CT molecular complexity index is 651. The maximum absolute atomic E-state index is 14.3. The van der Waals surface area contributed by atoms with Crippen LogP contribution in [0.25, 0.3) is 11.1 Å². The van der Waals surface area contributed by atoms with Crippen LogP contribution in [0.2, 0.25) is 0 Å². The molecule has 1 nitrogen and oxygen atoms in total. The van der Waals surface area contributed by atoms with Gasteiger partial charge in [-0.1, -0.05) is 38.3 Å². The van der Waals surface area contributed by atoms with Gasteiger partial charge in [0, 0.05) is 11.3 Å². The summed E-state index contributed by atoms with van der Waals surface area (Å²) in [6, 6.07) is 5.50. The summed E-state index contributed by atoms with van der Waals surface area (Å²) in [5.41, 5.74) is 4.73. The van der Waals surface area contributed by atoms with Gasteiger partial charge in [-0.2, -0.15) is 0 Å². The summed E-state index contributed by atoms with van der Waals surface area (Å²) in [5.74, 6) is -5.35. The summed E-state index contributed by atoms with van der Waals surface area (Å²) < 4.78 is 56.8. The molecule has 2 N–H and O–H groups in total. The molecule has 0 unspecified atom stereocenters. The lowest BCUT2D eigenvalue weighted by molar-refractivity contribution is 0.440. The second-order valence-electron chi connectivity index (χ2n) is 5.54. The van der Waals surface area contributed by atoms with Crippen molar-refractivity contribution in [1.82, 2.24) is 0 Å². The van der Waals surface area contributed by atoms with Crippen molar-refractivity contribution in [2.24, 2.45) is 0 Å². The Hall–Kier alpha value is -2.04. The summed E-state index contributed by atoms with van der Waals surface area (Å²) >= 11 is 0. The van der Waals surface area contributed by atoms with E-state index in [1.165, 1.54) is 24.3 Å². The maximum Gasteiger partial charge on any atom is 0.170 e. The normalized spacial score (nSPS) is 11.0. The molecule has 0 fully saturated rings. The third-order valence-corrected chi connectivity index (χ3v) is 3.83. The largest absolute Gasteiger partial charge is 0.399 e. The second-order valence-corrected chi connectivity index (χ2v) is 5.54. The van der Waals surface area contributed by atoms with Gasteiger partial charge in [-0.15, -0.1) is 0 Å². The molecule has 124 valence electrons. The van der Waals surface area contributed by atoms with Gasteiger partial charge in [-0.25, -0.2) is 17.6 Å². The Morgan fingerprint density at radius 3 is 1.87 bits per heavy atom. The average Bonchev–Trinajstić information content (AvgIpc) is 2.54. The van der Waals surface area contributed by atoms with E-state index in [0.717, 1.165) is 19.3 Å². The fourth-order valence-corrected chi connectivity index (χ4v) is 2.53. The van der Waals surface area contributed by atoms with Crippen LogP contribution in [0, 0.1) is 23.3 Å². The summed E-state index contributed by atoms with van der Waals surface area (Å²) in [7, 11) is 0. The molecule has 0 heterocycles. The number of anilines is 1. The lowest BCUT2D eigenvalue weighted by Gasteiger charge is -2.12. The van der Waals surface area contributed by atoms with Crippen molar-refractivity contribution in [2.75, 3.05) is 5.73 Å². The van der Waals surface area contributed by atoms with E-state index in [9.17, 15) is 17.6 Å². The lowest BCUT2D eigenvalue weighted by atomic mass is 9.98. The molecule has 0 aliphatic rings. The average molecular weight is 325 g/mol. The monoisotopic (exact) mass is 325 g/mol. The van der Waals surface area contributed by atoms with Gasteiger partial charge in [0.25, 0.3) is 0 Å². The Balaban J connectivity index is 2.41. The van der Waals surface area contributed by atoms with Gasteiger partial charge in [0.1, 0.15) is 0 Å². The molecule has 0 saturated heterocycles. The van der Waals surface area contributed by atoms with E-state index in [1.54, 1.807) is 0 Å². The minimum atomic E-state index is -1.36. The number of unbranched alkanes of at least 4 members (excludes halogenated alkanes) is 3. The van der Waals surface area contributed by atoms with Crippen LogP contribution in [0.5, 0.6) is 0 Å². The minimum absolute atomic E-state index is 0.0203. The molecular formula is C18H19F4N. The molecule has 0 aliphatic carbocycles. The Labute approximate surface area is 133 Å². The second kappa shape index (κ2) is 7.49. The molecule has 0 aromatic heterocycles. The predicted molar refractivity (Wildman–Crippen MR) is 84.0 cm³/mol. The molecule has 0 aliphatic heterocycles. The maximum atomic E-state index is 14.3. The molecule has 0 spiro atoms. The molecule has 0 amide bonds. The highest BCUT2D eigenvalue weighted by Gasteiger charge is 2.25. The van der Waals surface area contributed by atoms with Crippen molar-refractivity contribution in [1.29, 1.82) is 0 Å². The van der Waals surface area contributed by atoms with Crippen molar-refractivity contribution in [3.05, 3.63) is 53.1 Å². The van der Waals surface area contributed by atoms with Crippen molar-refractivity contribution in [3.63, 3.8) is 0 Å². The lowest BCUT2D eigenvalue weighted by Crippen LogP contribution is -2.06. The van der Waals surface area contributed by atoms with E-state index in [0.29, 0.717) is 12.1 Å². The smallest absolute Gasteiger partial charge is 0.170 e. The molecule has 23 heavy (non-hydrogen) atoms. The van der Waals surface area contributed by atoms with Crippen molar-refractivity contribution in [2.45, 2.75) is 39.0 Å². The van der Waals surface area contributed by atoms with E-state index in [4.69, 9.17) is 5.73 Å². The van der Waals surface area contributed by atoms with Crippen LogP contribution in [-0.4, -0.2) is 0 Å². The van der Waals surface area contributed by atoms with Crippen LogP contribution in [-0.2, 0) is 6.42 Å². The van der Waals surface area contributed by atoms with E-state index < -0.39 is 34.4 Å². The number of nitrogens with two attached hydrogens (primary N) is 1. The van der Waals surface area contributed by atoms with Crippen molar-refractivity contribution < 1.29 is 17.6 Å². The van der Waals surface area contributed by atoms with E-state index in [1.807, 2.05) is 6.92 Å². The number of nitrogen functional groups attached to an aromatic ring is 1. The Morgan fingerprint density at radius 1 is 0.783 bits per heavy atom. The standard InChI is InChI=1S/C18H19F4N/c1-2-3-4-5-6-13-15(19)17(21)14(18(22)16(13)20)11-7-9-12(23)10-8-11/h7-10H,2-6,23H2,1H3. The van der Waals surface area contributed by atoms with Gasteiger partial charge in [-0.3, -0.25) is 0 Å². The van der Waals surface area contributed by atoms with Gasteiger partial charge >= 0.3 is 0 Å². The Morgan fingerprint density at radius 2 is 1.35 bits per heavy atom. The van der Waals surface area contributed by atoms with Crippen LogP contribution in [0.15, 0.2) is 24.3 Å². The first kappa shape index (κ1) is 17.3. The van der Waals surface area contributed by atoms with E-state index >= 15 is 0 Å². The van der Waals surface area contributed by atoms with Crippen LogP contribution < -0.4 is 5.73 Å². The van der Waals surface area contributed by atoms with Crippen LogP contribution in [0.4, 0.5) is 23.2 Å². The van der Waals surface area contributed by atoms with Crippen molar-refractivity contribution in [3.8, 4) is 11.1 Å². The third-order valence-electron chi connectivity index (χ3n) is 3.83. The number of halogens is 4. The van der Waals surface area contributed by atoms with Gasteiger partial charge in [-0.05, 0) is 30.5 Å². The SMILES string of the molecule is CCCCCCc1c(F)c(F)c(-c2ccc(N)cc2)c(F)c1F. The summed E-state index contributed by atoms with van der Waals surface area (Å²) in [6.45, 7) is 2.00. The zero-order chi connectivity index (χ0) is 17.0. The van der Waals surface area contributed by atoms with Crippen LogP contribution >= 0.6 is 0 Å². The summed E-state index contributed by atoms with van der Waals surface area (Å²) in [4.78, 5) is 0.